The molecule has 3 aromatic heterocycles. The molecule has 0 N–H and O–H groups in total. The third kappa shape index (κ3) is 2.67. The molecule has 6 heteroatoms. The molecule has 3 heterocycles. The van der Waals surface area contributed by atoms with E-state index in [1.807, 2.05) is 59.1 Å². The number of hydrogen-bond donors (Lipinski definition) is 0. The number of rotatable bonds is 4. The van der Waals surface area contributed by atoms with Crippen molar-refractivity contribution in [1.29, 1.82) is 0 Å². The van der Waals surface area contributed by atoms with Crippen molar-refractivity contribution in [3.8, 4) is 34.1 Å². The van der Waals surface area contributed by atoms with Crippen molar-refractivity contribution in [3.05, 3.63) is 60.9 Å². The van der Waals surface area contributed by atoms with Gasteiger partial charge in [-0.05, 0) is 30.3 Å². The van der Waals surface area contributed by atoms with Gasteiger partial charge in [0.1, 0.15) is 5.75 Å². The number of hydrogen-bond acceptors (Lipinski definition) is 5. The zero-order chi connectivity index (χ0) is 17.2. The van der Waals surface area contributed by atoms with Crippen LogP contribution in [-0.2, 0) is 0 Å². The summed E-state index contributed by atoms with van der Waals surface area (Å²) in [5.74, 6) is 2.08. The molecule has 0 aliphatic heterocycles. The first kappa shape index (κ1) is 15.1. The molecule has 1 aromatic carbocycles. The Morgan fingerprint density at radius 1 is 0.840 bits per heavy atom. The average Bonchev–Trinajstić information content (AvgIpc) is 3.11. The lowest BCUT2D eigenvalue weighted by atomic mass is 10.1. The highest BCUT2D eigenvalue weighted by Crippen LogP contribution is 2.29. The quantitative estimate of drug-likeness (QED) is 0.572. The average molecular weight is 332 g/mol. The Bertz CT molecular complexity index is 1030. The van der Waals surface area contributed by atoms with E-state index in [1.54, 1.807) is 20.4 Å². The Balaban J connectivity index is 1.85. The van der Waals surface area contributed by atoms with Gasteiger partial charge in [-0.1, -0.05) is 12.1 Å². The van der Waals surface area contributed by atoms with Crippen LogP contribution in [0.25, 0.3) is 28.2 Å². The summed E-state index contributed by atoms with van der Waals surface area (Å²) >= 11 is 0. The predicted octanol–water partition coefficient (Wildman–Crippen LogP) is 3.48. The highest BCUT2D eigenvalue weighted by atomic mass is 16.5. The van der Waals surface area contributed by atoms with Crippen molar-refractivity contribution in [1.82, 2.24) is 19.6 Å². The second-order valence-electron chi connectivity index (χ2n) is 5.46. The van der Waals surface area contributed by atoms with Crippen LogP contribution in [0.1, 0.15) is 0 Å². The van der Waals surface area contributed by atoms with Gasteiger partial charge in [0, 0.05) is 29.6 Å². The van der Waals surface area contributed by atoms with E-state index in [9.17, 15) is 0 Å². The number of fused-ring (bicyclic) bond motifs is 1. The minimum atomic E-state index is 0.587. The molecule has 0 aliphatic carbocycles. The monoisotopic (exact) mass is 332 g/mol. The predicted molar refractivity (Wildman–Crippen MR) is 94.8 cm³/mol. The highest BCUT2D eigenvalue weighted by molar-refractivity contribution is 5.69. The van der Waals surface area contributed by atoms with Crippen LogP contribution in [0.15, 0.2) is 60.9 Å². The molecule has 0 saturated heterocycles. The lowest BCUT2D eigenvalue weighted by Crippen LogP contribution is -1.94. The maximum Gasteiger partial charge on any atom is 0.212 e. The lowest BCUT2D eigenvalue weighted by molar-refractivity contribution is 0.398. The van der Waals surface area contributed by atoms with Gasteiger partial charge in [0.2, 0.25) is 5.88 Å². The minimum absolute atomic E-state index is 0.587. The normalized spacial score (nSPS) is 10.8. The molecule has 0 aliphatic rings. The van der Waals surface area contributed by atoms with Gasteiger partial charge in [-0.25, -0.2) is 4.98 Å². The Kier molecular flexibility index (Phi) is 3.78. The minimum Gasteiger partial charge on any atom is -0.496 e. The van der Waals surface area contributed by atoms with Crippen molar-refractivity contribution in [2.75, 3.05) is 14.2 Å². The first-order valence-corrected chi connectivity index (χ1v) is 7.79. The van der Waals surface area contributed by atoms with Crippen LogP contribution in [0.5, 0.6) is 11.6 Å². The van der Waals surface area contributed by atoms with Crippen LogP contribution in [0, 0.1) is 0 Å². The third-order valence-corrected chi connectivity index (χ3v) is 4.03. The van der Waals surface area contributed by atoms with Crippen molar-refractivity contribution >= 4 is 5.65 Å². The van der Waals surface area contributed by atoms with Crippen LogP contribution in [0.4, 0.5) is 0 Å². The van der Waals surface area contributed by atoms with Gasteiger partial charge in [-0.15, -0.1) is 10.2 Å². The molecule has 0 amide bonds. The summed E-state index contributed by atoms with van der Waals surface area (Å²) in [5.41, 5.74) is 3.66. The number of para-hydroxylation sites is 1. The van der Waals surface area contributed by atoms with Crippen LogP contribution < -0.4 is 9.47 Å². The molecular weight excluding hydrogens is 316 g/mol. The lowest BCUT2D eigenvalue weighted by Gasteiger charge is -2.08. The smallest absolute Gasteiger partial charge is 0.212 e. The number of benzene rings is 1. The van der Waals surface area contributed by atoms with Crippen molar-refractivity contribution in [2.24, 2.45) is 0 Å². The number of aromatic nitrogens is 4. The van der Waals surface area contributed by atoms with Crippen LogP contribution in [0.3, 0.4) is 0 Å². The Labute approximate surface area is 144 Å². The summed E-state index contributed by atoms with van der Waals surface area (Å²) in [6, 6.07) is 15.5. The van der Waals surface area contributed by atoms with Crippen molar-refractivity contribution in [2.45, 2.75) is 0 Å². The highest BCUT2D eigenvalue weighted by Gasteiger charge is 2.13. The molecule has 0 atom stereocenters. The molecule has 0 unspecified atom stereocenters. The zero-order valence-corrected chi connectivity index (χ0v) is 13.9. The molecular formula is C19H16N4O2. The molecule has 4 aromatic rings. The van der Waals surface area contributed by atoms with E-state index in [0.29, 0.717) is 5.88 Å². The zero-order valence-electron chi connectivity index (χ0n) is 13.9. The molecule has 4 rings (SSSR count). The fourth-order valence-electron chi connectivity index (χ4n) is 2.75. The Hall–Kier alpha value is -3.41. The first-order chi connectivity index (χ1) is 12.3. The summed E-state index contributed by atoms with van der Waals surface area (Å²) in [5, 5.41) is 8.59. The van der Waals surface area contributed by atoms with Crippen LogP contribution >= 0.6 is 0 Å². The van der Waals surface area contributed by atoms with E-state index in [0.717, 1.165) is 33.9 Å². The van der Waals surface area contributed by atoms with Gasteiger partial charge in [0.25, 0.3) is 0 Å². The van der Waals surface area contributed by atoms with Crippen molar-refractivity contribution < 1.29 is 9.47 Å². The topological polar surface area (TPSA) is 61.5 Å². The molecule has 0 bridgehead atoms. The van der Waals surface area contributed by atoms with Gasteiger partial charge < -0.3 is 9.47 Å². The SMILES string of the molecule is COc1ccc(-c2ccc3nnc(-c4ccccc4OC)n3c2)cn1. The van der Waals surface area contributed by atoms with Gasteiger partial charge in [-0.3, -0.25) is 4.40 Å². The van der Waals surface area contributed by atoms with E-state index in [-0.39, 0.29) is 0 Å². The second kappa shape index (κ2) is 6.24. The number of pyridine rings is 2. The largest absolute Gasteiger partial charge is 0.496 e. The summed E-state index contributed by atoms with van der Waals surface area (Å²) in [7, 11) is 3.25. The maximum atomic E-state index is 5.45. The van der Waals surface area contributed by atoms with E-state index in [2.05, 4.69) is 15.2 Å². The maximum absolute atomic E-state index is 5.45. The molecule has 0 fully saturated rings. The number of nitrogens with zero attached hydrogens (tertiary/aromatic N) is 4. The first-order valence-electron chi connectivity index (χ1n) is 7.79. The molecule has 0 spiro atoms. The summed E-state index contributed by atoms with van der Waals surface area (Å²) in [6.45, 7) is 0. The fraction of sp³-hybridized carbons (Fsp3) is 0.105. The van der Waals surface area contributed by atoms with Gasteiger partial charge in [0.15, 0.2) is 11.5 Å². The summed E-state index contributed by atoms with van der Waals surface area (Å²) in [6.07, 6.45) is 3.79. The van der Waals surface area contributed by atoms with Gasteiger partial charge in [-0.2, -0.15) is 0 Å². The number of methoxy groups -OCH3 is 2. The Morgan fingerprint density at radius 2 is 1.68 bits per heavy atom. The molecule has 6 nitrogen and oxygen atoms in total. The van der Waals surface area contributed by atoms with Crippen LogP contribution in [-0.4, -0.2) is 33.8 Å². The van der Waals surface area contributed by atoms with Gasteiger partial charge in [0.05, 0.1) is 19.8 Å². The van der Waals surface area contributed by atoms with E-state index >= 15 is 0 Å². The molecule has 25 heavy (non-hydrogen) atoms. The van der Waals surface area contributed by atoms with E-state index < -0.39 is 0 Å². The summed E-state index contributed by atoms with van der Waals surface area (Å²) in [4.78, 5) is 4.27. The van der Waals surface area contributed by atoms with E-state index in [1.165, 1.54) is 0 Å². The number of ether oxygens (including phenoxy) is 2. The fourth-order valence-corrected chi connectivity index (χ4v) is 2.75. The molecule has 124 valence electrons. The standard InChI is InChI=1S/C19H16N4O2/c1-24-16-6-4-3-5-15(16)19-22-21-17-9-7-14(12-23(17)19)13-8-10-18(25-2)20-11-13/h3-12H,1-2H3. The van der Waals surface area contributed by atoms with Crippen LogP contribution in [0.2, 0.25) is 0 Å². The molecule has 0 radical (unpaired) electrons. The van der Waals surface area contributed by atoms with E-state index in [4.69, 9.17) is 9.47 Å². The van der Waals surface area contributed by atoms with Crippen molar-refractivity contribution in [3.63, 3.8) is 0 Å². The Morgan fingerprint density at radius 3 is 2.44 bits per heavy atom. The van der Waals surface area contributed by atoms with Gasteiger partial charge >= 0.3 is 0 Å². The summed E-state index contributed by atoms with van der Waals surface area (Å²) < 4.78 is 12.5. The second-order valence-corrected chi connectivity index (χ2v) is 5.46. The molecule has 0 saturated carbocycles. The third-order valence-electron chi connectivity index (χ3n) is 4.03.